The summed E-state index contributed by atoms with van der Waals surface area (Å²) in [7, 11) is 0. The number of aryl methyl sites for hydroxylation is 1. The van der Waals surface area contributed by atoms with Crippen LogP contribution < -0.4 is 5.32 Å². The van der Waals surface area contributed by atoms with Crippen molar-refractivity contribution in [3.8, 4) is 0 Å². The molecule has 1 aromatic rings. The molecule has 118 valence electrons. The van der Waals surface area contributed by atoms with E-state index in [0.29, 0.717) is 11.7 Å². The van der Waals surface area contributed by atoms with Crippen molar-refractivity contribution >= 4 is 18.3 Å². The minimum absolute atomic E-state index is 0. The second-order valence-electron chi connectivity index (χ2n) is 5.80. The van der Waals surface area contributed by atoms with Gasteiger partial charge in [0.25, 0.3) is 5.91 Å². The van der Waals surface area contributed by atoms with Crippen LogP contribution in [0, 0.1) is 13.8 Å². The third kappa shape index (κ3) is 3.22. The fourth-order valence-corrected chi connectivity index (χ4v) is 3.11. The van der Waals surface area contributed by atoms with E-state index in [2.05, 4.69) is 20.4 Å². The first kappa shape index (κ1) is 16.3. The van der Waals surface area contributed by atoms with Gasteiger partial charge in [0.2, 0.25) is 0 Å². The van der Waals surface area contributed by atoms with Gasteiger partial charge >= 0.3 is 0 Å². The summed E-state index contributed by atoms with van der Waals surface area (Å²) in [5.41, 5.74) is 2.54. The Labute approximate surface area is 131 Å². The molecule has 1 aromatic heterocycles. The van der Waals surface area contributed by atoms with Gasteiger partial charge in [-0.2, -0.15) is 5.10 Å². The van der Waals surface area contributed by atoms with E-state index in [9.17, 15) is 4.79 Å². The first-order valence-electron chi connectivity index (χ1n) is 7.42. The third-order valence-electron chi connectivity index (χ3n) is 4.57. The number of likely N-dealkylation sites (tertiary alicyclic amines) is 1. The molecule has 2 aliphatic rings. The van der Waals surface area contributed by atoms with Crippen LogP contribution >= 0.6 is 12.4 Å². The summed E-state index contributed by atoms with van der Waals surface area (Å²) in [4.78, 5) is 17.0. The molecule has 21 heavy (non-hydrogen) atoms. The number of carbonyl (C=O) groups excluding carboxylic acids is 1. The van der Waals surface area contributed by atoms with Gasteiger partial charge in [0.05, 0.1) is 0 Å². The number of aromatic amines is 1. The molecule has 0 saturated carbocycles. The third-order valence-corrected chi connectivity index (χ3v) is 4.57. The number of carbonyl (C=O) groups is 1. The predicted molar refractivity (Wildman–Crippen MR) is 84.1 cm³/mol. The molecule has 2 fully saturated rings. The number of hydrogen-bond donors (Lipinski definition) is 2. The number of hydrogen-bond acceptors (Lipinski definition) is 4. The van der Waals surface area contributed by atoms with Crippen molar-refractivity contribution < 1.29 is 4.79 Å². The lowest BCUT2D eigenvalue weighted by Crippen LogP contribution is -2.49. The van der Waals surface area contributed by atoms with Crippen LogP contribution in [-0.2, 0) is 0 Å². The normalized spacial score (nSPS) is 23.1. The van der Waals surface area contributed by atoms with Crippen LogP contribution in [0.2, 0.25) is 0 Å². The topological polar surface area (TPSA) is 64.3 Å². The van der Waals surface area contributed by atoms with Crippen LogP contribution in [0.1, 0.15) is 28.2 Å². The molecule has 0 spiro atoms. The fourth-order valence-electron chi connectivity index (χ4n) is 3.11. The van der Waals surface area contributed by atoms with Gasteiger partial charge in [-0.1, -0.05) is 0 Å². The minimum Gasteiger partial charge on any atom is -0.336 e. The van der Waals surface area contributed by atoms with Gasteiger partial charge in [-0.3, -0.25) is 14.8 Å². The molecule has 1 atom stereocenters. The first-order chi connectivity index (χ1) is 9.66. The SMILES string of the molecule is Cc1[nH]nc(C(=O)N2CCC(N3CCNCC3)C2)c1C.Cl. The van der Waals surface area contributed by atoms with Crippen LogP contribution in [0.15, 0.2) is 0 Å². The van der Waals surface area contributed by atoms with Crippen molar-refractivity contribution in [1.82, 2.24) is 25.3 Å². The lowest BCUT2D eigenvalue weighted by molar-refractivity contribution is 0.0767. The van der Waals surface area contributed by atoms with Gasteiger partial charge in [0, 0.05) is 56.6 Å². The molecule has 0 bridgehead atoms. The zero-order valence-electron chi connectivity index (χ0n) is 12.7. The highest BCUT2D eigenvalue weighted by Gasteiger charge is 2.32. The van der Waals surface area contributed by atoms with Crippen molar-refractivity contribution in [2.24, 2.45) is 0 Å². The van der Waals surface area contributed by atoms with Gasteiger partial charge in [0.1, 0.15) is 0 Å². The van der Waals surface area contributed by atoms with Crippen LogP contribution in [0.25, 0.3) is 0 Å². The smallest absolute Gasteiger partial charge is 0.274 e. The van der Waals surface area contributed by atoms with Crippen molar-refractivity contribution in [3.63, 3.8) is 0 Å². The van der Waals surface area contributed by atoms with E-state index >= 15 is 0 Å². The molecule has 0 aliphatic carbocycles. The highest BCUT2D eigenvalue weighted by Crippen LogP contribution is 2.19. The second kappa shape index (κ2) is 6.77. The quantitative estimate of drug-likeness (QED) is 0.838. The minimum atomic E-state index is 0. The van der Waals surface area contributed by atoms with Crippen molar-refractivity contribution in [2.45, 2.75) is 26.3 Å². The average molecular weight is 314 g/mol. The number of amides is 1. The standard InChI is InChI=1S/C14H23N5O.ClH/c1-10-11(2)16-17-13(10)14(20)19-6-3-12(9-19)18-7-4-15-5-8-18;/h12,15H,3-9H2,1-2H3,(H,16,17);1H. The molecule has 0 radical (unpaired) electrons. The first-order valence-corrected chi connectivity index (χ1v) is 7.42. The molecular formula is C14H24ClN5O. The van der Waals surface area contributed by atoms with E-state index in [-0.39, 0.29) is 18.3 Å². The summed E-state index contributed by atoms with van der Waals surface area (Å²) in [5, 5.41) is 10.4. The van der Waals surface area contributed by atoms with E-state index in [4.69, 9.17) is 0 Å². The Morgan fingerprint density at radius 3 is 2.57 bits per heavy atom. The Morgan fingerprint density at radius 1 is 1.24 bits per heavy atom. The van der Waals surface area contributed by atoms with E-state index < -0.39 is 0 Å². The maximum Gasteiger partial charge on any atom is 0.274 e. The molecule has 2 aliphatic heterocycles. The Hall–Kier alpha value is -1.11. The highest BCUT2D eigenvalue weighted by molar-refractivity contribution is 5.94. The molecule has 6 nitrogen and oxygen atoms in total. The van der Waals surface area contributed by atoms with Crippen molar-refractivity contribution in [1.29, 1.82) is 0 Å². The maximum atomic E-state index is 12.5. The Kier molecular flexibility index (Phi) is 5.24. The zero-order chi connectivity index (χ0) is 14.1. The zero-order valence-corrected chi connectivity index (χ0v) is 13.5. The van der Waals surface area contributed by atoms with Crippen LogP contribution in [0.3, 0.4) is 0 Å². The lowest BCUT2D eigenvalue weighted by atomic mass is 10.2. The summed E-state index contributed by atoms with van der Waals surface area (Å²) < 4.78 is 0. The molecule has 2 N–H and O–H groups in total. The van der Waals surface area contributed by atoms with E-state index in [1.807, 2.05) is 18.7 Å². The summed E-state index contributed by atoms with van der Waals surface area (Å²) in [5.74, 6) is 0.0736. The number of halogens is 1. The Balaban J connectivity index is 0.00000161. The van der Waals surface area contributed by atoms with Crippen LogP contribution in [0.5, 0.6) is 0 Å². The molecule has 3 heterocycles. The van der Waals surface area contributed by atoms with E-state index in [0.717, 1.165) is 56.9 Å². The highest BCUT2D eigenvalue weighted by atomic mass is 35.5. The number of nitrogens with zero attached hydrogens (tertiary/aromatic N) is 3. The molecule has 2 saturated heterocycles. The van der Waals surface area contributed by atoms with Crippen molar-refractivity contribution in [2.75, 3.05) is 39.3 Å². The molecule has 0 aromatic carbocycles. The van der Waals surface area contributed by atoms with Gasteiger partial charge in [-0.25, -0.2) is 0 Å². The Bertz CT molecular complexity index is 498. The fraction of sp³-hybridized carbons (Fsp3) is 0.714. The Morgan fingerprint density at radius 2 is 1.95 bits per heavy atom. The summed E-state index contributed by atoms with van der Waals surface area (Å²) in [6.07, 6.45) is 1.08. The molecule has 3 rings (SSSR count). The maximum absolute atomic E-state index is 12.5. The summed E-state index contributed by atoms with van der Waals surface area (Å²) >= 11 is 0. The molecular weight excluding hydrogens is 290 g/mol. The monoisotopic (exact) mass is 313 g/mol. The number of nitrogens with one attached hydrogen (secondary N) is 2. The number of H-pyrrole nitrogens is 1. The number of aromatic nitrogens is 2. The number of piperazine rings is 1. The summed E-state index contributed by atoms with van der Waals surface area (Å²) in [6, 6.07) is 0.515. The van der Waals surface area contributed by atoms with Gasteiger partial charge in [-0.15, -0.1) is 12.4 Å². The summed E-state index contributed by atoms with van der Waals surface area (Å²) in [6.45, 7) is 9.89. The van der Waals surface area contributed by atoms with E-state index in [1.165, 1.54) is 0 Å². The van der Waals surface area contributed by atoms with Gasteiger partial charge in [-0.05, 0) is 20.3 Å². The molecule has 1 amide bonds. The van der Waals surface area contributed by atoms with Crippen molar-refractivity contribution in [3.05, 3.63) is 17.0 Å². The second-order valence-corrected chi connectivity index (χ2v) is 5.80. The van der Waals surface area contributed by atoms with Crippen LogP contribution in [-0.4, -0.2) is 71.2 Å². The number of rotatable bonds is 2. The van der Waals surface area contributed by atoms with Gasteiger partial charge < -0.3 is 10.2 Å². The molecule has 1 unspecified atom stereocenters. The molecule has 7 heteroatoms. The lowest BCUT2D eigenvalue weighted by Gasteiger charge is -2.32. The largest absolute Gasteiger partial charge is 0.336 e. The van der Waals surface area contributed by atoms with Gasteiger partial charge in [0.15, 0.2) is 5.69 Å². The van der Waals surface area contributed by atoms with Crippen LogP contribution in [0.4, 0.5) is 0 Å². The average Bonchev–Trinajstić information content (AvgIpc) is 3.08. The predicted octanol–water partition coefficient (Wildman–Crippen LogP) is 0.568. The van der Waals surface area contributed by atoms with E-state index in [1.54, 1.807) is 0 Å².